The second-order valence-corrected chi connectivity index (χ2v) is 5.60. The fourth-order valence-corrected chi connectivity index (χ4v) is 3.04. The average molecular weight is 236 g/mol. The Hall–Kier alpha value is -0.890. The van der Waals surface area contributed by atoms with Crippen molar-refractivity contribution in [1.82, 2.24) is 0 Å². The van der Waals surface area contributed by atoms with Gasteiger partial charge in [-0.15, -0.1) is 0 Å². The molecule has 3 atom stereocenters. The molecular weight excluding hydrogens is 215 g/mol. The van der Waals surface area contributed by atoms with Crippen LogP contribution < -0.4 is 0 Å². The van der Waals surface area contributed by atoms with Crippen LogP contribution in [0.15, 0.2) is 24.3 Å². The van der Waals surface area contributed by atoms with Crippen molar-refractivity contribution in [1.29, 1.82) is 0 Å². The summed E-state index contributed by atoms with van der Waals surface area (Å²) in [6.45, 7) is 3.97. The zero-order valence-electron chi connectivity index (χ0n) is 10.6. The van der Waals surface area contributed by atoms with Gasteiger partial charge in [0.25, 0.3) is 0 Å². The predicted octanol–water partition coefficient (Wildman–Crippen LogP) is 3.86. The first-order valence-corrected chi connectivity index (χ1v) is 6.49. The van der Waals surface area contributed by atoms with Gasteiger partial charge < -0.3 is 5.11 Å². The summed E-state index contributed by atoms with van der Waals surface area (Å²) in [6, 6.07) is 6.59. The summed E-state index contributed by atoms with van der Waals surface area (Å²) in [5.41, 5.74) is -0.598. The van der Waals surface area contributed by atoms with Crippen molar-refractivity contribution in [2.75, 3.05) is 0 Å². The van der Waals surface area contributed by atoms with Crippen molar-refractivity contribution in [3.05, 3.63) is 35.6 Å². The van der Waals surface area contributed by atoms with Gasteiger partial charge in [-0.3, -0.25) is 0 Å². The summed E-state index contributed by atoms with van der Waals surface area (Å²) in [4.78, 5) is 0. The van der Waals surface area contributed by atoms with Gasteiger partial charge in [-0.25, -0.2) is 4.39 Å². The van der Waals surface area contributed by atoms with Crippen LogP contribution in [0.2, 0.25) is 0 Å². The molecule has 0 aromatic heterocycles. The average Bonchev–Trinajstić information content (AvgIpc) is 2.29. The van der Waals surface area contributed by atoms with Gasteiger partial charge in [0.05, 0.1) is 5.60 Å². The molecule has 0 spiro atoms. The van der Waals surface area contributed by atoms with Crippen LogP contribution in [0, 0.1) is 17.7 Å². The third kappa shape index (κ3) is 2.52. The Kier molecular flexibility index (Phi) is 3.53. The molecule has 1 N–H and O–H groups in total. The minimum atomic E-state index is -1.04. The summed E-state index contributed by atoms with van der Waals surface area (Å²) in [5.74, 6) is 0.505. The van der Waals surface area contributed by atoms with Crippen LogP contribution >= 0.6 is 0 Å². The Morgan fingerprint density at radius 3 is 2.65 bits per heavy atom. The number of hydrogen-bond acceptors (Lipinski definition) is 1. The Labute approximate surface area is 103 Å². The Morgan fingerprint density at radius 2 is 2.00 bits per heavy atom. The van der Waals surface area contributed by atoms with Crippen molar-refractivity contribution in [2.45, 2.75) is 45.1 Å². The van der Waals surface area contributed by atoms with E-state index < -0.39 is 5.60 Å². The third-order valence-electron chi connectivity index (χ3n) is 4.15. The minimum Gasteiger partial charge on any atom is -0.385 e. The second-order valence-electron chi connectivity index (χ2n) is 5.60. The molecule has 1 nitrogen and oxygen atoms in total. The van der Waals surface area contributed by atoms with Crippen LogP contribution in [0.3, 0.4) is 0 Å². The number of hydrogen-bond donors (Lipinski definition) is 1. The molecule has 0 radical (unpaired) electrons. The highest BCUT2D eigenvalue weighted by atomic mass is 19.1. The Balaban J connectivity index is 2.26. The summed E-state index contributed by atoms with van der Waals surface area (Å²) >= 11 is 0. The van der Waals surface area contributed by atoms with E-state index in [0.29, 0.717) is 11.5 Å². The molecule has 3 unspecified atom stereocenters. The molecule has 1 aromatic carbocycles. The molecular formula is C15H21FO. The normalized spacial score (nSPS) is 28.7. The largest absolute Gasteiger partial charge is 0.385 e. The van der Waals surface area contributed by atoms with Crippen molar-refractivity contribution >= 4 is 0 Å². The van der Waals surface area contributed by atoms with E-state index in [9.17, 15) is 9.50 Å². The molecule has 1 aromatic rings. The van der Waals surface area contributed by atoms with Crippen LogP contribution in [0.25, 0.3) is 0 Å². The van der Waals surface area contributed by atoms with Gasteiger partial charge in [0.1, 0.15) is 5.82 Å². The lowest BCUT2D eigenvalue weighted by atomic mass is 9.71. The summed E-state index contributed by atoms with van der Waals surface area (Å²) in [5, 5.41) is 10.7. The van der Waals surface area contributed by atoms with E-state index in [-0.39, 0.29) is 11.7 Å². The summed E-state index contributed by atoms with van der Waals surface area (Å²) in [7, 11) is 0. The Bertz CT molecular complexity index is 386. The monoisotopic (exact) mass is 236 g/mol. The number of rotatable bonds is 2. The highest BCUT2D eigenvalue weighted by Crippen LogP contribution is 2.41. The molecule has 0 saturated heterocycles. The predicted molar refractivity (Wildman–Crippen MR) is 67.1 cm³/mol. The SMILES string of the molecule is CC1CCCC(C(C)(O)c2ccccc2F)C1. The number of halogens is 1. The quantitative estimate of drug-likeness (QED) is 0.826. The third-order valence-corrected chi connectivity index (χ3v) is 4.15. The van der Waals surface area contributed by atoms with Crippen LogP contribution in [-0.2, 0) is 5.60 Å². The highest BCUT2D eigenvalue weighted by molar-refractivity contribution is 5.24. The van der Waals surface area contributed by atoms with Gasteiger partial charge in [-0.1, -0.05) is 38.0 Å². The van der Waals surface area contributed by atoms with E-state index in [2.05, 4.69) is 6.92 Å². The molecule has 2 rings (SSSR count). The molecule has 1 aliphatic rings. The molecule has 1 fully saturated rings. The smallest absolute Gasteiger partial charge is 0.129 e. The van der Waals surface area contributed by atoms with E-state index >= 15 is 0 Å². The first-order chi connectivity index (χ1) is 8.01. The van der Waals surface area contributed by atoms with E-state index in [4.69, 9.17) is 0 Å². The maximum Gasteiger partial charge on any atom is 0.129 e. The highest BCUT2D eigenvalue weighted by Gasteiger charge is 2.37. The molecule has 17 heavy (non-hydrogen) atoms. The maximum atomic E-state index is 13.8. The van der Waals surface area contributed by atoms with Gasteiger partial charge in [0, 0.05) is 5.56 Å². The zero-order valence-corrected chi connectivity index (χ0v) is 10.6. The van der Waals surface area contributed by atoms with Gasteiger partial charge >= 0.3 is 0 Å². The van der Waals surface area contributed by atoms with Crippen molar-refractivity contribution in [3.63, 3.8) is 0 Å². The topological polar surface area (TPSA) is 20.2 Å². The first-order valence-electron chi connectivity index (χ1n) is 6.49. The minimum absolute atomic E-state index is 0.170. The van der Waals surface area contributed by atoms with Crippen molar-refractivity contribution < 1.29 is 9.50 Å². The number of aliphatic hydroxyl groups is 1. The van der Waals surface area contributed by atoms with Crippen molar-refractivity contribution in [3.8, 4) is 0 Å². The van der Waals surface area contributed by atoms with E-state index in [1.165, 1.54) is 12.5 Å². The lowest BCUT2D eigenvalue weighted by Gasteiger charge is -2.38. The van der Waals surface area contributed by atoms with Crippen LogP contribution in [-0.4, -0.2) is 5.11 Å². The lowest BCUT2D eigenvalue weighted by molar-refractivity contribution is -0.0320. The van der Waals surface area contributed by atoms with Gasteiger partial charge in [-0.05, 0) is 37.7 Å². The van der Waals surface area contributed by atoms with E-state index in [0.717, 1.165) is 19.3 Å². The summed E-state index contributed by atoms with van der Waals surface area (Å²) in [6.07, 6.45) is 4.34. The Morgan fingerprint density at radius 1 is 1.29 bits per heavy atom. The summed E-state index contributed by atoms with van der Waals surface area (Å²) < 4.78 is 13.8. The standard InChI is InChI=1S/C15H21FO/c1-11-6-5-7-12(10-11)15(2,17)13-8-3-4-9-14(13)16/h3-4,8-9,11-12,17H,5-7,10H2,1-2H3. The fourth-order valence-electron chi connectivity index (χ4n) is 3.04. The van der Waals surface area contributed by atoms with Gasteiger partial charge in [-0.2, -0.15) is 0 Å². The van der Waals surface area contributed by atoms with Crippen LogP contribution in [0.4, 0.5) is 4.39 Å². The van der Waals surface area contributed by atoms with Crippen LogP contribution in [0.1, 0.15) is 45.1 Å². The molecule has 94 valence electrons. The van der Waals surface area contributed by atoms with E-state index in [1.54, 1.807) is 25.1 Å². The van der Waals surface area contributed by atoms with Gasteiger partial charge in [0.2, 0.25) is 0 Å². The molecule has 0 aliphatic heterocycles. The maximum absolute atomic E-state index is 13.8. The fraction of sp³-hybridized carbons (Fsp3) is 0.600. The lowest BCUT2D eigenvalue weighted by Crippen LogP contribution is -2.35. The molecule has 2 heteroatoms. The molecule has 1 aliphatic carbocycles. The second kappa shape index (κ2) is 4.77. The van der Waals surface area contributed by atoms with Crippen molar-refractivity contribution in [2.24, 2.45) is 11.8 Å². The van der Waals surface area contributed by atoms with Gasteiger partial charge in [0.15, 0.2) is 0 Å². The molecule has 0 heterocycles. The number of benzene rings is 1. The molecule has 0 bridgehead atoms. The zero-order chi connectivity index (χ0) is 12.5. The van der Waals surface area contributed by atoms with E-state index in [1.807, 2.05) is 0 Å². The first kappa shape index (κ1) is 12.6. The molecule has 0 amide bonds. The molecule has 1 saturated carbocycles. The van der Waals surface area contributed by atoms with Crippen LogP contribution in [0.5, 0.6) is 0 Å².